The van der Waals surface area contributed by atoms with Crippen LogP contribution < -0.4 is 11.1 Å². The maximum absolute atomic E-state index is 12.1. The molecule has 94 valence electrons. The van der Waals surface area contributed by atoms with Crippen LogP contribution in [0.4, 0.5) is 0 Å². The molecule has 0 heterocycles. The van der Waals surface area contributed by atoms with Crippen molar-refractivity contribution < 1.29 is 4.79 Å². The average Bonchev–Trinajstić information content (AvgIpc) is 2.31. The van der Waals surface area contributed by atoms with Crippen LogP contribution in [0, 0.1) is 11.3 Å². The van der Waals surface area contributed by atoms with Gasteiger partial charge in [-0.15, -0.1) is 0 Å². The molecule has 1 fully saturated rings. The summed E-state index contributed by atoms with van der Waals surface area (Å²) in [6.07, 6.45) is 5.51. The van der Waals surface area contributed by atoms with Gasteiger partial charge in [0.1, 0.15) is 0 Å². The fourth-order valence-corrected chi connectivity index (χ4v) is 2.16. The van der Waals surface area contributed by atoms with Crippen molar-refractivity contribution in [2.45, 2.75) is 58.9 Å². The Morgan fingerprint density at radius 3 is 2.38 bits per heavy atom. The summed E-state index contributed by atoms with van der Waals surface area (Å²) in [4.78, 5) is 12.1. The Kier molecular flexibility index (Phi) is 4.78. The Morgan fingerprint density at radius 1 is 1.38 bits per heavy atom. The first kappa shape index (κ1) is 13.5. The van der Waals surface area contributed by atoms with Gasteiger partial charge in [-0.25, -0.2) is 0 Å². The zero-order valence-electron chi connectivity index (χ0n) is 10.9. The van der Waals surface area contributed by atoms with Gasteiger partial charge in [-0.2, -0.15) is 0 Å². The van der Waals surface area contributed by atoms with Gasteiger partial charge >= 0.3 is 0 Å². The van der Waals surface area contributed by atoms with Crippen LogP contribution in [0.1, 0.15) is 52.9 Å². The lowest BCUT2D eigenvalue weighted by atomic mass is 9.84. The minimum Gasteiger partial charge on any atom is -0.353 e. The number of carbonyl (C=O) groups excluding carboxylic acids is 1. The van der Waals surface area contributed by atoms with Crippen molar-refractivity contribution in [1.29, 1.82) is 0 Å². The summed E-state index contributed by atoms with van der Waals surface area (Å²) < 4.78 is 0. The number of amides is 1. The number of nitrogens with one attached hydrogen (secondary N) is 1. The van der Waals surface area contributed by atoms with E-state index in [0.29, 0.717) is 12.6 Å². The van der Waals surface area contributed by atoms with E-state index in [9.17, 15) is 4.79 Å². The molecule has 1 rings (SSSR count). The quantitative estimate of drug-likeness (QED) is 0.771. The molecular weight excluding hydrogens is 200 g/mol. The van der Waals surface area contributed by atoms with Crippen LogP contribution in [0.2, 0.25) is 0 Å². The largest absolute Gasteiger partial charge is 0.353 e. The molecule has 0 aromatic rings. The minimum atomic E-state index is -0.386. The molecule has 0 bridgehead atoms. The van der Waals surface area contributed by atoms with Crippen molar-refractivity contribution >= 4 is 5.91 Å². The van der Waals surface area contributed by atoms with Gasteiger partial charge in [-0.3, -0.25) is 4.79 Å². The van der Waals surface area contributed by atoms with Crippen LogP contribution >= 0.6 is 0 Å². The molecule has 1 saturated carbocycles. The summed E-state index contributed by atoms with van der Waals surface area (Å²) >= 11 is 0. The number of rotatable bonds is 4. The number of hydrogen-bond acceptors (Lipinski definition) is 2. The van der Waals surface area contributed by atoms with Crippen molar-refractivity contribution in [3.8, 4) is 0 Å². The summed E-state index contributed by atoms with van der Waals surface area (Å²) in [6.45, 7) is 6.69. The van der Waals surface area contributed by atoms with E-state index in [0.717, 1.165) is 25.2 Å². The molecule has 1 aliphatic rings. The molecular formula is C13H26N2O. The third kappa shape index (κ3) is 3.21. The van der Waals surface area contributed by atoms with E-state index in [1.54, 1.807) is 0 Å². The Labute approximate surface area is 99.2 Å². The average molecular weight is 226 g/mol. The lowest BCUT2D eigenvalue weighted by Crippen LogP contribution is -2.48. The second-order valence-corrected chi connectivity index (χ2v) is 5.55. The van der Waals surface area contributed by atoms with Crippen molar-refractivity contribution in [3.63, 3.8) is 0 Å². The third-order valence-electron chi connectivity index (χ3n) is 4.13. The number of carbonyl (C=O) groups is 1. The first-order valence-corrected chi connectivity index (χ1v) is 6.53. The molecule has 0 radical (unpaired) electrons. The van der Waals surface area contributed by atoms with Crippen LogP contribution in [-0.4, -0.2) is 18.5 Å². The molecule has 1 atom stereocenters. The van der Waals surface area contributed by atoms with E-state index in [2.05, 4.69) is 12.2 Å². The van der Waals surface area contributed by atoms with Gasteiger partial charge in [0.2, 0.25) is 5.91 Å². The highest BCUT2D eigenvalue weighted by molar-refractivity contribution is 5.82. The molecule has 16 heavy (non-hydrogen) atoms. The highest BCUT2D eigenvalue weighted by Crippen LogP contribution is 2.25. The second-order valence-electron chi connectivity index (χ2n) is 5.55. The second kappa shape index (κ2) is 5.67. The summed E-state index contributed by atoms with van der Waals surface area (Å²) in [5, 5.41) is 3.16. The molecule has 0 aromatic carbocycles. The van der Waals surface area contributed by atoms with E-state index < -0.39 is 0 Å². The standard InChI is InChI=1S/C13H26N2O/c1-4-13(3,9-14)12(16)15-11-7-5-10(2)6-8-11/h10-11H,4-9,14H2,1-3H3,(H,15,16). The normalized spacial score (nSPS) is 29.5. The molecule has 0 aromatic heterocycles. The topological polar surface area (TPSA) is 55.1 Å². The van der Waals surface area contributed by atoms with E-state index in [-0.39, 0.29) is 11.3 Å². The number of hydrogen-bond donors (Lipinski definition) is 2. The molecule has 1 amide bonds. The Hall–Kier alpha value is -0.570. The van der Waals surface area contributed by atoms with E-state index in [1.807, 2.05) is 13.8 Å². The van der Waals surface area contributed by atoms with E-state index >= 15 is 0 Å². The van der Waals surface area contributed by atoms with Gasteiger partial charge in [0.05, 0.1) is 5.41 Å². The molecule has 0 aliphatic heterocycles. The van der Waals surface area contributed by atoms with Gasteiger partial charge in [0.15, 0.2) is 0 Å². The van der Waals surface area contributed by atoms with Gasteiger partial charge in [-0.1, -0.05) is 13.8 Å². The first-order chi connectivity index (χ1) is 7.51. The van der Waals surface area contributed by atoms with Crippen LogP contribution in [0.3, 0.4) is 0 Å². The van der Waals surface area contributed by atoms with Gasteiger partial charge in [0, 0.05) is 12.6 Å². The summed E-state index contributed by atoms with van der Waals surface area (Å²) in [7, 11) is 0. The van der Waals surface area contributed by atoms with Crippen LogP contribution in [0.15, 0.2) is 0 Å². The maximum Gasteiger partial charge on any atom is 0.227 e. The van der Waals surface area contributed by atoms with Crippen molar-refractivity contribution in [3.05, 3.63) is 0 Å². The summed E-state index contributed by atoms with van der Waals surface area (Å²) in [5.74, 6) is 0.956. The van der Waals surface area contributed by atoms with Crippen LogP contribution in [0.25, 0.3) is 0 Å². The Bertz CT molecular complexity index is 228. The first-order valence-electron chi connectivity index (χ1n) is 6.53. The van der Waals surface area contributed by atoms with E-state index in [4.69, 9.17) is 5.73 Å². The fourth-order valence-electron chi connectivity index (χ4n) is 2.16. The predicted molar refractivity (Wildman–Crippen MR) is 67.0 cm³/mol. The summed E-state index contributed by atoms with van der Waals surface area (Å²) in [5.41, 5.74) is 5.30. The molecule has 0 saturated heterocycles. The highest BCUT2D eigenvalue weighted by atomic mass is 16.2. The Morgan fingerprint density at radius 2 is 1.94 bits per heavy atom. The molecule has 3 N–H and O–H groups in total. The van der Waals surface area contributed by atoms with Gasteiger partial charge in [-0.05, 0) is 44.9 Å². The molecule has 1 aliphatic carbocycles. The molecule has 0 spiro atoms. The fraction of sp³-hybridized carbons (Fsp3) is 0.923. The van der Waals surface area contributed by atoms with Crippen LogP contribution in [0.5, 0.6) is 0 Å². The lowest BCUT2D eigenvalue weighted by Gasteiger charge is -2.31. The monoisotopic (exact) mass is 226 g/mol. The zero-order chi connectivity index (χ0) is 12.2. The molecule has 1 unspecified atom stereocenters. The summed E-state index contributed by atoms with van der Waals surface area (Å²) in [6, 6.07) is 0.376. The highest BCUT2D eigenvalue weighted by Gasteiger charge is 2.31. The third-order valence-corrected chi connectivity index (χ3v) is 4.13. The zero-order valence-corrected chi connectivity index (χ0v) is 10.9. The van der Waals surface area contributed by atoms with Gasteiger partial charge in [0.25, 0.3) is 0 Å². The van der Waals surface area contributed by atoms with Crippen molar-refractivity contribution in [1.82, 2.24) is 5.32 Å². The van der Waals surface area contributed by atoms with Crippen molar-refractivity contribution in [2.75, 3.05) is 6.54 Å². The lowest BCUT2D eigenvalue weighted by molar-refractivity contribution is -0.130. The van der Waals surface area contributed by atoms with E-state index in [1.165, 1.54) is 12.8 Å². The molecule has 3 heteroatoms. The molecule has 3 nitrogen and oxygen atoms in total. The predicted octanol–water partition coefficient (Wildman–Crippen LogP) is 2.06. The van der Waals surface area contributed by atoms with Gasteiger partial charge < -0.3 is 11.1 Å². The number of nitrogens with two attached hydrogens (primary N) is 1. The SMILES string of the molecule is CCC(C)(CN)C(=O)NC1CCC(C)CC1. The minimum absolute atomic E-state index is 0.136. The smallest absolute Gasteiger partial charge is 0.227 e. The maximum atomic E-state index is 12.1. The Balaban J connectivity index is 2.45. The van der Waals surface area contributed by atoms with Crippen LogP contribution in [-0.2, 0) is 4.79 Å². The van der Waals surface area contributed by atoms with Crippen molar-refractivity contribution in [2.24, 2.45) is 17.1 Å².